The summed E-state index contributed by atoms with van der Waals surface area (Å²) in [5.74, 6) is -0.187. The molecule has 1 aromatic heterocycles. The van der Waals surface area contributed by atoms with Gasteiger partial charge in [0.1, 0.15) is 11.4 Å². The monoisotopic (exact) mass is 496 g/mol. The second kappa shape index (κ2) is 11.1. The molecule has 0 radical (unpaired) electrons. The predicted octanol–water partition coefficient (Wildman–Crippen LogP) is 4.83. The molecule has 0 bridgehead atoms. The van der Waals surface area contributed by atoms with Gasteiger partial charge in [0, 0.05) is 24.3 Å². The molecule has 3 aromatic rings. The minimum Gasteiger partial charge on any atom is -0.325 e. The van der Waals surface area contributed by atoms with E-state index in [1.807, 2.05) is 43.3 Å². The van der Waals surface area contributed by atoms with Crippen LogP contribution in [0.3, 0.4) is 0 Å². The molecule has 2 aromatic carbocycles. The summed E-state index contributed by atoms with van der Waals surface area (Å²) in [7, 11) is -3.51. The molecule has 0 saturated carbocycles. The molecule has 7 nitrogen and oxygen atoms in total. The van der Waals surface area contributed by atoms with Gasteiger partial charge in [-0.1, -0.05) is 54.9 Å². The van der Waals surface area contributed by atoms with Gasteiger partial charge in [-0.3, -0.25) is 4.79 Å². The Balaban J connectivity index is 1.38. The van der Waals surface area contributed by atoms with Crippen molar-refractivity contribution in [1.82, 2.24) is 14.3 Å². The van der Waals surface area contributed by atoms with Crippen LogP contribution in [0.15, 0.2) is 76.9 Å². The molecule has 1 unspecified atom stereocenters. The average Bonchev–Trinajstić information content (AvgIpc) is 3.15. The first-order chi connectivity index (χ1) is 16.4. The molecule has 9 heteroatoms. The van der Waals surface area contributed by atoms with E-state index < -0.39 is 15.3 Å². The zero-order chi connectivity index (χ0) is 24.0. The Morgan fingerprint density at radius 2 is 1.65 bits per heavy atom. The number of sulfonamides is 1. The first-order valence-electron chi connectivity index (χ1n) is 11.4. The summed E-state index contributed by atoms with van der Waals surface area (Å²) >= 11 is 1.34. The van der Waals surface area contributed by atoms with Crippen molar-refractivity contribution >= 4 is 33.4 Å². The van der Waals surface area contributed by atoms with Crippen molar-refractivity contribution in [2.24, 2.45) is 0 Å². The van der Waals surface area contributed by atoms with Crippen molar-refractivity contribution in [3.63, 3.8) is 0 Å². The molecule has 178 valence electrons. The van der Waals surface area contributed by atoms with Crippen LogP contribution in [0.2, 0.25) is 0 Å². The number of hydrogen-bond donors (Lipinski definition) is 1. The van der Waals surface area contributed by atoms with Crippen molar-refractivity contribution in [2.75, 3.05) is 18.4 Å². The van der Waals surface area contributed by atoms with Crippen molar-refractivity contribution in [3.05, 3.63) is 67.0 Å². The summed E-state index contributed by atoms with van der Waals surface area (Å²) in [5, 5.41) is 3.17. The Morgan fingerprint density at radius 1 is 0.971 bits per heavy atom. The number of thioether (sulfide) groups is 1. The van der Waals surface area contributed by atoms with Gasteiger partial charge in [-0.05, 0) is 50.1 Å². The summed E-state index contributed by atoms with van der Waals surface area (Å²) in [6, 6.07) is 18.1. The molecule has 0 aliphatic carbocycles. The van der Waals surface area contributed by atoms with Crippen LogP contribution in [0.5, 0.6) is 0 Å². The maximum Gasteiger partial charge on any atom is 0.243 e. The number of rotatable bonds is 7. The molecule has 1 saturated heterocycles. The number of carbonyl (C=O) groups excluding carboxylic acids is 1. The van der Waals surface area contributed by atoms with Gasteiger partial charge in [-0.15, -0.1) is 0 Å². The predicted molar refractivity (Wildman–Crippen MR) is 135 cm³/mol. The highest BCUT2D eigenvalue weighted by Gasteiger charge is 2.25. The molecule has 1 atom stereocenters. The molecule has 1 aliphatic rings. The molecule has 1 fully saturated rings. The zero-order valence-electron chi connectivity index (χ0n) is 19.1. The van der Waals surface area contributed by atoms with Gasteiger partial charge < -0.3 is 5.32 Å². The van der Waals surface area contributed by atoms with Gasteiger partial charge in [-0.25, -0.2) is 18.4 Å². The first kappa shape index (κ1) is 24.4. The fourth-order valence-electron chi connectivity index (χ4n) is 3.79. The van der Waals surface area contributed by atoms with E-state index in [2.05, 4.69) is 15.3 Å². The van der Waals surface area contributed by atoms with E-state index in [9.17, 15) is 13.2 Å². The van der Waals surface area contributed by atoms with Gasteiger partial charge in [0.05, 0.1) is 15.8 Å². The third kappa shape index (κ3) is 6.02. The number of nitrogens with zero attached hydrogens (tertiary/aromatic N) is 3. The van der Waals surface area contributed by atoms with Gasteiger partial charge >= 0.3 is 0 Å². The number of anilines is 1. The fraction of sp³-hybridized carbons (Fsp3) is 0.320. The van der Waals surface area contributed by atoms with Crippen LogP contribution in [0.1, 0.15) is 32.6 Å². The van der Waals surface area contributed by atoms with E-state index in [1.165, 1.54) is 18.1 Å². The lowest BCUT2D eigenvalue weighted by Crippen LogP contribution is -2.31. The Hall–Kier alpha value is -2.75. The molecule has 4 rings (SSSR count). The Morgan fingerprint density at radius 3 is 2.32 bits per heavy atom. The molecule has 1 N–H and O–H groups in total. The van der Waals surface area contributed by atoms with Crippen LogP contribution < -0.4 is 5.32 Å². The molecule has 34 heavy (non-hydrogen) atoms. The van der Waals surface area contributed by atoms with Gasteiger partial charge in [-0.2, -0.15) is 4.31 Å². The van der Waals surface area contributed by atoms with E-state index in [4.69, 9.17) is 0 Å². The Bertz CT molecular complexity index is 1210. The lowest BCUT2D eigenvalue weighted by molar-refractivity contribution is -0.115. The number of nitrogens with one attached hydrogen (secondary N) is 1. The normalized spacial score (nSPS) is 15.9. The lowest BCUT2D eigenvalue weighted by Gasteiger charge is -2.20. The average molecular weight is 497 g/mol. The van der Waals surface area contributed by atoms with Crippen LogP contribution in [0, 0.1) is 0 Å². The minimum atomic E-state index is -3.51. The van der Waals surface area contributed by atoms with Crippen LogP contribution in [0.4, 0.5) is 5.69 Å². The molecule has 1 aliphatic heterocycles. The number of aromatic nitrogens is 2. The third-order valence-electron chi connectivity index (χ3n) is 5.70. The summed E-state index contributed by atoms with van der Waals surface area (Å²) in [6.45, 7) is 2.93. The Kier molecular flexibility index (Phi) is 7.97. The number of amides is 1. The van der Waals surface area contributed by atoms with Crippen LogP contribution in [-0.2, 0) is 14.8 Å². The maximum atomic E-state index is 12.9. The molecular formula is C25H28N4O3S2. The smallest absolute Gasteiger partial charge is 0.243 e. The van der Waals surface area contributed by atoms with E-state index in [-0.39, 0.29) is 10.8 Å². The van der Waals surface area contributed by atoms with E-state index in [0.717, 1.165) is 36.9 Å². The number of benzene rings is 2. The fourth-order valence-corrected chi connectivity index (χ4v) is 6.12. The van der Waals surface area contributed by atoms with Crippen LogP contribution >= 0.6 is 11.8 Å². The van der Waals surface area contributed by atoms with E-state index in [0.29, 0.717) is 23.8 Å². The number of hydrogen-bond acceptors (Lipinski definition) is 6. The summed E-state index contributed by atoms with van der Waals surface area (Å²) < 4.78 is 27.4. The topological polar surface area (TPSA) is 92.3 Å². The Labute approximate surface area is 205 Å². The van der Waals surface area contributed by atoms with E-state index >= 15 is 0 Å². The molecular weight excluding hydrogens is 468 g/mol. The van der Waals surface area contributed by atoms with Crippen LogP contribution in [0.25, 0.3) is 11.3 Å². The molecule has 1 amide bonds. The zero-order valence-corrected chi connectivity index (χ0v) is 20.7. The third-order valence-corrected chi connectivity index (χ3v) is 8.65. The summed E-state index contributed by atoms with van der Waals surface area (Å²) in [6.07, 6.45) is 5.41. The minimum absolute atomic E-state index is 0.187. The highest BCUT2D eigenvalue weighted by Crippen LogP contribution is 2.26. The van der Waals surface area contributed by atoms with Crippen molar-refractivity contribution in [1.29, 1.82) is 0 Å². The summed E-state index contributed by atoms with van der Waals surface area (Å²) in [5.41, 5.74) is 2.34. The second-order valence-corrected chi connectivity index (χ2v) is 11.5. The first-order valence-corrected chi connectivity index (χ1v) is 13.7. The largest absolute Gasteiger partial charge is 0.325 e. The van der Waals surface area contributed by atoms with Crippen LogP contribution in [-0.4, -0.2) is 46.9 Å². The van der Waals surface area contributed by atoms with Crippen molar-refractivity contribution in [3.8, 4) is 11.3 Å². The standard InChI is InChI=1S/C25H28N4O3S2/c1-19(33-24-17-23(26-18-27-24)20-9-5-4-6-10-20)25(30)28-21-11-13-22(14-12-21)34(31,32)29-15-7-2-3-8-16-29/h4-6,9-14,17-19H,2-3,7-8,15-16H2,1H3,(H,28,30). The van der Waals surface area contributed by atoms with Gasteiger partial charge in [0.2, 0.25) is 15.9 Å². The van der Waals surface area contributed by atoms with Crippen molar-refractivity contribution < 1.29 is 13.2 Å². The SMILES string of the molecule is CC(Sc1cc(-c2ccccc2)ncn1)C(=O)Nc1ccc(S(=O)(=O)N2CCCCCC2)cc1. The second-order valence-electron chi connectivity index (χ2n) is 8.20. The highest BCUT2D eigenvalue weighted by atomic mass is 32.2. The highest BCUT2D eigenvalue weighted by molar-refractivity contribution is 8.00. The quantitative estimate of drug-likeness (QED) is 0.372. The summed E-state index contributed by atoms with van der Waals surface area (Å²) in [4.78, 5) is 21.6. The maximum absolute atomic E-state index is 12.9. The molecule has 0 spiro atoms. The van der Waals surface area contributed by atoms with Gasteiger partial charge in [0.25, 0.3) is 0 Å². The van der Waals surface area contributed by atoms with Crippen molar-refractivity contribution in [2.45, 2.75) is 47.8 Å². The van der Waals surface area contributed by atoms with Gasteiger partial charge in [0.15, 0.2) is 0 Å². The number of carbonyl (C=O) groups is 1. The van der Waals surface area contributed by atoms with E-state index in [1.54, 1.807) is 28.6 Å². The molecule has 2 heterocycles. The lowest BCUT2D eigenvalue weighted by atomic mass is 10.1.